The Morgan fingerprint density at radius 2 is 1.62 bits per heavy atom. The molecule has 0 N–H and O–H groups in total. The van der Waals surface area contributed by atoms with Gasteiger partial charge in [-0.15, -0.1) is 0 Å². The minimum absolute atomic E-state index is 0.228. The molecule has 1 unspecified atom stereocenters. The number of carbonyl (C=O) groups is 2. The van der Waals surface area contributed by atoms with Crippen molar-refractivity contribution in [3.63, 3.8) is 0 Å². The lowest BCUT2D eigenvalue weighted by molar-refractivity contribution is -0.153. The van der Waals surface area contributed by atoms with Gasteiger partial charge < -0.3 is 9.47 Å². The van der Waals surface area contributed by atoms with Crippen molar-refractivity contribution < 1.29 is 19.1 Å². The van der Waals surface area contributed by atoms with Crippen LogP contribution in [0.3, 0.4) is 0 Å². The van der Waals surface area contributed by atoms with Gasteiger partial charge in [0.2, 0.25) is 6.10 Å². The van der Waals surface area contributed by atoms with Crippen LogP contribution in [0.15, 0.2) is 54.6 Å². The second kappa shape index (κ2) is 8.87. The fourth-order valence-corrected chi connectivity index (χ4v) is 2.37. The summed E-state index contributed by atoms with van der Waals surface area (Å²) in [5, 5.41) is 0. The summed E-state index contributed by atoms with van der Waals surface area (Å²) >= 11 is 0. The molecular weight excluding hydrogens is 304 g/mol. The van der Waals surface area contributed by atoms with E-state index in [-0.39, 0.29) is 6.61 Å². The zero-order valence-electron chi connectivity index (χ0n) is 14.0. The summed E-state index contributed by atoms with van der Waals surface area (Å²) in [6, 6.07) is 16.1. The van der Waals surface area contributed by atoms with Gasteiger partial charge >= 0.3 is 11.9 Å². The van der Waals surface area contributed by atoms with Crippen molar-refractivity contribution in [2.24, 2.45) is 0 Å². The molecule has 0 radical (unpaired) electrons. The number of carbonyl (C=O) groups excluding carboxylic acids is 2. The van der Waals surface area contributed by atoms with Gasteiger partial charge in [0.15, 0.2) is 0 Å². The zero-order chi connectivity index (χ0) is 17.4. The molecule has 4 heteroatoms. The van der Waals surface area contributed by atoms with Gasteiger partial charge in [-0.3, -0.25) is 0 Å². The minimum Gasteiger partial charge on any atom is -0.463 e. The molecule has 126 valence electrons. The van der Waals surface area contributed by atoms with Crippen molar-refractivity contribution in [1.29, 1.82) is 0 Å². The first-order valence-electron chi connectivity index (χ1n) is 8.17. The average molecular weight is 326 g/mol. The number of ether oxygens (including phenoxy) is 2. The van der Waals surface area contributed by atoms with Gasteiger partial charge in [0.05, 0.1) is 12.2 Å². The monoisotopic (exact) mass is 326 g/mol. The standard InChI is InChI=1S/C20H22O4/c1-3-8-15-11-13-17(14-12-15)19(21)24-18(20(22)23-4-2)16-9-6-5-7-10-16/h5-7,9-14,18H,3-4,8H2,1-2H3. The topological polar surface area (TPSA) is 52.6 Å². The first kappa shape index (κ1) is 17.7. The largest absolute Gasteiger partial charge is 0.463 e. The molecule has 2 aromatic carbocycles. The van der Waals surface area contributed by atoms with Crippen LogP contribution in [0.1, 0.15) is 47.9 Å². The van der Waals surface area contributed by atoms with Crippen LogP contribution in [0, 0.1) is 0 Å². The highest BCUT2D eigenvalue weighted by Gasteiger charge is 2.26. The van der Waals surface area contributed by atoms with Crippen LogP contribution in [0.25, 0.3) is 0 Å². The number of hydrogen-bond donors (Lipinski definition) is 0. The molecule has 0 fully saturated rings. The average Bonchev–Trinajstić information content (AvgIpc) is 2.61. The third kappa shape index (κ3) is 4.69. The van der Waals surface area contributed by atoms with Crippen LogP contribution in [0.2, 0.25) is 0 Å². The Morgan fingerprint density at radius 3 is 2.21 bits per heavy atom. The number of rotatable bonds is 7. The zero-order valence-corrected chi connectivity index (χ0v) is 14.0. The lowest BCUT2D eigenvalue weighted by Crippen LogP contribution is -2.22. The number of benzene rings is 2. The second-order valence-corrected chi connectivity index (χ2v) is 5.40. The van der Waals surface area contributed by atoms with Gasteiger partial charge in [-0.2, -0.15) is 0 Å². The summed E-state index contributed by atoms with van der Waals surface area (Å²) in [5.74, 6) is -1.11. The van der Waals surface area contributed by atoms with Crippen molar-refractivity contribution in [1.82, 2.24) is 0 Å². The van der Waals surface area contributed by atoms with Crippen LogP contribution >= 0.6 is 0 Å². The molecule has 24 heavy (non-hydrogen) atoms. The number of hydrogen-bond acceptors (Lipinski definition) is 4. The summed E-state index contributed by atoms with van der Waals surface area (Å²) in [5.41, 5.74) is 2.17. The molecule has 0 aromatic heterocycles. The normalized spacial score (nSPS) is 11.6. The Morgan fingerprint density at radius 1 is 0.958 bits per heavy atom. The molecule has 0 aliphatic carbocycles. The maximum atomic E-state index is 12.4. The Labute approximate surface area is 142 Å². The molecule has 0 saturated heterocycles. The van der Waals surface area contributed by atoms with E-state index in [4.69, 9.17) is 9.47 Å². The van der Waals surface area contributed by atoms with E-state index in [2.05, 4.69) is 6.92 Å². The van der Waals surface area contributed by atoms with E-state index in [1.54, 1.807) is 43.3 Å². The molecule has 0 bridgehead atoms. The highest BCUT2D eigenvalue weighted by molar-refractivity contribution is 5.91. The van der Waals surface area contributed by atoms with E-state index in [1.807, 2.05) is 18.2 Å². The summed E-state index contributed by atoms with van der Waals surface area (Å²) in [7, 11) is 0. The summed E-state index contributed by atoms with van der Waals surface area (Å²) in [6.07, 6.45) is 0.946. The van der Waals surface area contributed by atoms with E-state index in [9.17, 15) is 9.59 Å². The fourth-order valence-electron chi connectivity index (χ4n) is 2.37. The van der Waals surface area contributed by atoms with Gasteiger partial charge in [-0.1, -0.05) is 55.8 Å². The summed E-state index contributed by atoms with van der Waals surface area (Å²) in [4.78, 5) is 24.5. The molecule has 1 atom stereocenters. The molecule has 4 nitrogen and oxygen atoms in total. The quantitative estimate of drug-likeness (QED) is 0.719. The van der Waals surface area contributed by atoms with Crippen LogP contribution in [-0.4, -0.2) is 18.5 Å². The third-order valence-corrected chi connectivity index (χ3v) is 3.56. The van der Waals surface area contributed by atoms with Crippen LogP contribution in [-0.2, 0) is 20.7 Å². The van der Waals surface area contributed by atoms with Crippen molar-refractivity contribution >= 4 is 11.9 Å². The Kier molecular flexibility index (Phi) is 6.55. The van der Waals surface area contributed by atoms with E-state index < -0.39 is 18.0 Å². The van der Waals surface area contributed by atoms with Crippen molar-refractivity contribution in [3.05, 3.63) is 71.3 Å². The summed E-state index contributed by atoms with van der Waals surface area (Å²) < 4.78 is 10.5. The van der Waals surface area contributed by atoms with Gasteiger partial charge in [-0.25, -0.2) is 9.59 Å². The number of aryl methyl sites for hydroxylation is 1. The second-order valence-electron chi connectivity index (χ2n) is 5.40. The smallest absolute Gasteiger partial charge is 0.352 e. The predicted octanol–water partition coefficient (Wildman–Crippen LogP) is 4.10. The maximum Gasteiger partial charge on any atom is 0.352 e. The molecule has 0 saturated carbocycles. The Balaban J connectivity index is 2.16. The molecule has 2 aromatic rings. The maximum absolute atomic E-state index is 12.4. The van der Waals surface area contributed by atoms with E-state index in [1.165, 1.54) is 5.56 Å². The van der Waals surface area contributed by atoms with E-state index >= 15 is 0 Å². The van der Waals surface area contributed by atoms with Crippen molar-refractivity contribution in [2.45, 2.75) is 32.8 Å². The Hall–Kier alpha value is -2.62. The molecule has 0 aliphatic heterocycles. The minimum atomic E-state index is -1.06. The van der Waals surface area contributed by atoms with Gasteiger partial charge in [0.1, 0.15) is 0 Å². The third-order valence-electron chi connectivity index (χ3n) is 3.56. The summed E-state index contributed by atoms with van der Waals surface area (Å²) in [6.45, 7) is 4.05. The molecule has 0 heterocycles. The van der Waals surface area contributed by atoms with Gasteiger partial charge in [0.25, 0.3) is 0 Å². The molecule has 2 rings (SSSR count). The van der Waals surface area contributed by atoms with Gasteiger partial charge in [-0.05, 0) is 31.0 Å². The van der Waals surface area contributed by atoms with E-state index in [0.717, 1.165) is 12.8 Å². The fraction of sp³-hybridized carbons (Fsp3) is 0.300. The van der Waals surface area contributed by atoms with Crippen LogP contribution in [0.5, 0.6) is 0 Å². The van der Waals surface area contributed by atoms with Crippen LogP contribution < -0.4 is 0 Å². The lowest BCUT2D eigenvalue weighted by Gasteiger charge is -2.17. The first-order chi connectivity index (χ1) is 11.7. The SMILES string of the molecule is CCCc1ccc(C(=O)OC(C(=O)OCC)c2ccccc2)cc1. The van der Waals surface area contributed by atoms with Crippen LogP contribution in [0.4, 0.5) is 0 Å². The van der Waals surface area contributed by atoms with Crippen molar-refractivity contribution in [2.75, 3.05) is 6.61 Å². The number of esters is 2. The molecular formula is C20H22O4. The van der Waals surface area contributed by atoms with Crippen molar-refractivity contribution in [3.8, 4) is 0 Å². The Bertz CT molecular complexity index is 662. The highest BCUT2D eigenvalue weighted by Crippen LogP contribution is 2.21. The highest BCUT2D eigenvalue weighted by atomic mass is 16.6. The molecule has 0 aliphatic rings. The molecule has 0 spiro atoms. The van der Waals surface area contributed by atoms with E-state index in [0.29, 0.717) is 11.1 Å². The lowest BCUT2D eigenvalue weighted by atomic mass is 10.1. The predicted molar refractivity (Wildman–Crippen MR) is 91.7 cm³/mol. The molecule has 0 amide bonds. The first-order valence-corrected chi connectivity index (χ1v) is 8.17. The van der Waals surface area contributed by atoms with Gasteiger partial charge in [0, 0.05) is 5.56 Å².